The van der Waals surface area contributed by atoms with E-state index in [9.17, 15) is 4.79 Å². The number of thiophene rings is 1. The first kappa shape index (κ1) is 13.5. The van der Waals surface area contributed by atoms with Gasteiger partial charge < -0.3 is 4.74 Å². The molecule has 1 unspecified atom stereocenters. The van der Waals surface area contributed by atoms with E-state index in [0.717, 1.165) is 43.2 Å². The summed E-state index contributed by atoms with van der Waals surface area (Å²) in [5, 5.41) is 3.17. The van der Waals surface area contributed by atoms with E-state index in [4.69, 9.17) is 4.74 Å². The van der Waals surface area contributed by atoms with Gasteiger partial charge in [0.15, 0.2) is 5.78 Å². The van der Waals surface area contributed by atoms with Crippen molar-refractivity contribution in [2.45, 2.75) is 44.1 Å². The fraction of sp³-hybridized carbons (Fsp3) is 0.500. The van der Waals surface area contributed by atoms with E-state index in [0.29, 0.717) is 5.78 Å². The Balaban J connectivity index is 1.62. The molecule has 1 spiro atoms. The second kappa shape index (κ2) is 5.22. The van der Waals surface area contributed by atoms with Crippen LogP contribution in [0, 0.1) is 5.92 Å². The van der Waals surface area contributed by atoms with Crippen molar-refractivity contribution in [2.75, 3.05) is 6.61 Å². The molecule has 2 aliphatic rings. The lowest BCUT2D eigenvalue weighted by Gasteiger charge is -2.37. The van der Waals surface area contributed by atoms with Crippen LogP contribution in [0.1, 0.15) is 48.9 Å². The monoisotopic (exact) mass is 300 g/mol. The topological polar surface area (TPSA) is 26.3 Å². The van der Waals surface area contributed by atoms with Gasteiger partial charge in [-0.3, -0.25) is 4.79 Å². The zero-order valence-electron chi connectivity index (χ0n) is 12.1. The molecule has 1 aliphatic heterocycles. The first-order chi connectivity index (χ1) is 10.3. The van der Waals surface area contributed by atoms with Crippen molar-refractivity contribution in [1.29, 1.82) is 0 Å². The molecule has 1 aromatic carbocycles. The van der Waals surface area contributed by atoms with Crippen LogP contribution >= 0.6 is 11.3 Å². The zero-order chi connectivity index (χ0) is 14.3. The molecule has 1 aliphatic carbocycles. The molecule has 1 saturated carbocycles. The van der Waals surface area contributed by atoms with Gasteiger partial charge in [-0.2, -0.15) is 0 Å². The molecule has 1 aromatic heterocycles. The van der Waals surface area contributed by atoms with Gasteiger partial charge >= 0.3 is 0 Å². The maximum Gasteiger partial charge on any atom is 0.167 e. The third-order valence-electron chi connectivity index (χ3n) is 5.12. The summed E-state index contributed by atoms with van der Waals surface area (Å²) in [4.78, 5) is 13.0. The summed E-state index contributed by atoms with van der Waals surface area (Å²) in [6.45, 7) is 0.748. The van der Waals surface area contributed by atoms with Crippen LogP contribution in [0.4, 0.5) is 0 Å². The van der Waals surface area contributed by atoms with E-state index >= 15 is 0 Å². The van der Waals surface area contributed by atoms with Gasteiger partial charge in [-0.1, -0.05) is 31.0 Å². The van der Waals surface area contributed by atoms with Crippen molar-refractivity contribution in [3.05, 3.63) is 35.2 Å². The van der Waals surface area contributed by atoms with Crippen LogP contribution in [-0.4, -0.2) is 18.0 Å². The highest BCUT2D eigenvalue weighted by molar-refractivity contribution is 7.17. The van der Waals surface area contributed by atoms with Gasteiger partial charge in [-0.05, 0) is 31.7 Å². The molecule has 0 bridgehead atoms. The second-order valence-electron chi connectivity index (χ2n) is 6.44. The maximum absolute atomic E-state index is 13.0. The summed E-state index contributed by atoms with van der Waals surface area (Å²) in [5.41, 5.74) is 0.945. The Bertz CT molecular complexity index is 667. The number of benzene rings is 1. The number of rotatable bonds is 2. The fourth-order valence-corrected chi connectivity index (χ4v) is 4.96. The predicted octanol–water partition coefficient (Wildman–Crippen LogP) is 4.82. The van der Waals surface area contributed by atoms with Crippen molar-refractivity contribution in [3.63, 3.8) is 0 Å². The highest BCUT2D eigenvalue weighted by Crippen LogP contribution is 2.43. The molecule has 2 nitrogen and oxygen atoms in total. The minimum atomic E-state index is 0.0183. The molecule has 1 atom stereocenters. The second-order valence-corrected chi connectivity index (χ2v) is 7.35. The van der Waals surface area contributed by atoms with E-state index in [2.05, 4.69) is 12.1 Å². The van der Waals surface area contributed by atoms with Crippen LogP contribution in [0.5, 0.6) is 0 Å². The third kappa shape index (κ3) is 2.33. The van der Waals surface area contributed by atoms with Gasteiger partial charge in [0.2, 0.25) is 0 Å². The van der Waals surface area contributed by atoms with Crippen LogP contribution in [0.15, 0.2) is 29.6 Å². The number of carbonyl (C=O) groups is 1. The Kier molecular flexibility index (Phi) is 3.35. The van der Waals surface area contributed by atoms with Crippen LogP contribution < -0.4 is 0 Å². The summed E-state index contributed by atoms with van der Waals surface area (Å²) in [7, 11) is 0. The van der Waals surface area contributed by atoms with Gasteiger partial charge in [-0.25, -0.2) is 0 Å². The van der Waals surface area contributed by atoms with E-state index in [1.807, 2.05) is 17.5 Å². The molecule has 2 fully saturated rings. The molecule has 4 rings (SSSR count). The van der Waals surface area contributed by atoms with Crippen LogP contribution in [0.25, 0.3) is 10.1 Å². The summed E-state index contributed by atoms with van der Waals surface area (Å²) in [6.07, 6.45) is 6.59. The lowest BCUT2D eigenvalue weighted by Crippen LogP contribution is -2.39. The quantitative estimate of drug-likeness (QED) is 0.743. The smallest absolute Gasteiger partial charge is 0.167 e. The summed E-state index contributed by atoms with van der Waals surface area (Å²) in [6, 6.07) is 8.23. The number of fused-ring (bicyclic) bond motifs is 1. The van der Waals surface area contributed by atoms with Gasteiger partial charge in [0, 0.05) is 33.6 Å². The Morgan fingerprint density at radius 1 is 1.24 bits per heavy atom. The van der Waals surface area contributed by atoms with Crippen molar-refractivity contribution >= 4 is 27.2 Å². The molecule has 21 heavy (non-hydrogen) atoms. The first-order valence-electron chi connectivity index (χ1n) is 7.92. The Morgan fingerprint density at radius 3 is 2.90 bits per heavy atom. The maximum atomic E-state index is 13.0. The van der Waals surface area contributed by atoms with E-state index in [1.165, 1.54) is 17.5 Å². The Morgan fingerprint density at radius 2 is 2.05 bits per heavy atom. The highest BCUT2D eigenvalue weighted by Gasteiger charge is 2.42. The number of Topliss-reactive ketones (excluding diaryl/α,β-unsaturated/α-hetero) is 1. The predicted molar refractivity (Wildman–Crippen MR) is 86.0 cm³/mol. The van der Waals surface area contributed by atoms with E-state index in [-0.39, 0.29) is 11.5 Å². The largest absolute Gasteiger partial charge is 0.375 e. The van der Waals surface area contributed by atoms with Crippen molar-refractivity contribution in [2.24, 2.45) is 5.92 Å². The number of carbonyl (C=O) groups excluding carboxylic acids is 1. The normalized spacial score (nSPS) is 24.7. The minimum Gasteiger partial charge on any atom is -0.375 e. The molecule has 1 saturated heterocycles. The summed E-state index contributed by atoms with van der Waals surface area (Å²) in [5.74, 6) is 0.483. The molecule has 0 N–H and O–H groups in total. The zero-order valence-corrected chi connectivity index (χ0v) is 13.0. The van der Waals surface area contributed by atoms with Crippen molar-refractivity contribution < 1.29 is 9.53 Å². The Labute approximate surface area is 129 Å². The van der Waals surface area contributed by atoms with Crippen molar-refractivity contribution in [1.82, 2.24) is 0 Å². The lowest BCUT2D eigenvalue weighted by molar-refractivity contribution is -0.0866. The number of hydrogen-bond donors (Lipinski definition) is 0. The third-order valence-corrected chi connectivity index (χ3v) is 6.09. The van der Waals surface area contributed by atoms with Crippen LogP contribution in [-0.2, 0) is 4.74 Å². The standard InChI is InChI=1S/C18H20O2S/c19-17(15-12-21-16-6-2-1-5-14(15)16)13-7-10-20-18(11-13)8-3-4-9-18/h1-2,5-6,12-13H,3-4,7-11H2. The number of hydrogen-bond acceptors (Lipinski definition) is 3. The van der Waals surface area contributed by atoms with Gasteiger partial charge in [0.1, 0.15) is 0 Å². The van der Waals surface area contributed by atoms with Gasteiger partial charge in [-0.15, -0.1) is 11.3 Å². The van der Waals surface area contributed by atoms with E-state index < -0.39 is 0 Å². The molecule has 110 valence electrons. The Hall–Kier alpha value is -1.19. The van der Waals surface area contributed by atoms with Gasteiger partial charge in [0.25, 0.3) is 0 Å². The van der Waals surface area contributed by atoms with Gasteiger partial charge in [0.05, 0.1) is 5.60 Å². The number of ether oxygens (including phenoxy) is 1. The average Bonchev–Trinajstić information content (AvgIpc) is 3.14. The molecular formula is C18H20O2S. The molecule has 0 radical (unpaired) electrons. The number of ketones is 1. The molecule has 2 heterocycles. The molecule has 3 heteroatoms. The van der Waals surface area contributed by atoms with Crippen LogP contribution in [0.2, 0.25) is 0 Å². The minimum absolute atomic E-state index is 0.0183. The average molecular weight is 300 g/mol. The van der Waals surface area contributed by atoms with Crippen LogP contribution in [0.3, 0.4) is 0 Å². The molecular weight excluding hydrogens is 280 g/mol. The first-order valence-corrected chi connectivity index (χ1v) is 8.80. The lowest BCUT2D eigenvalue weighted by atomic mass is 9.80. The fourth-order valence-electron chi connectivity index (χ4n) is 4.01. The van der Waals surface area contributed by atoms with E-state index in [1.54, 1.807) is 11.3 Å². The molecule has 2 aromatic rings. The summed E-state index contributed by atoms with van der Waals surface area (Å²) < 4.78 is 7.27. The molecule has 0 amide bonds. The highest BCUT2D eigenvalue weighted by atomic mass is 32.1. The SMILES string of the molecule is O=C(c1csc2ccccc12)C1CCOC2(CCCC2)C1. The summed E-state index contributed by atoms with van der Waals surface area (Å²) >= 11 is 1.68. The van der Waals surface area contributed by atoms with Crippen molar-refractivity contribution in [3.8, 4) is 0 Å².